The van der Waals surface area contributed by atoms with E-state index in [-0.39, 0.29) is 11.9 Å². The SMILES string of the molecule is CCNC1C(=O)Nc2cc(OCC3CCCC3)ccc21. The molecule has 1 unspecified atom stereocenters. The molecule has 1 saturated carbocycles. The highest BCUT2D eigenvalue weighted by Gasteiger charge is 2.29. The topological polar surface area (TPSA) is 50.4 Å². The maximum Gasteiger partial charge on any atom is 0.246 e. The monoisotopic (exact) mass is 274 g/mol. The van der Waals surface area contributed by atoms with Crippen molar-refractivity contribution in [3.05, 3.63) is 23.8 Å². The zero-order chi connectivity index (χ0) is 13.9. The average molecular weight is 274 g/mol. The molecule has 1 aromatic carbocycles. The van der Waals surface area contributed by atoms with Crippen LogP contribution in [0.3, 0.4) is 0 Å². The number of carbonyl (C=O) groups is 1. The minimum absolute atomic E-state index is 0.0230. The summed E-state index contributed by atoms with van der Waals surface area (Å²) in [6.45, 7) is 3.57. The highest BCUT2D eigenvalue weighted by Crippen LogP contribution is 2.34. The first kappa shape index (κ1) is 13.4. The van der Waals surface area contributed by atoms with Gasteiger partial charge < -0.3 is 15.4 Å². The first-order chi connectivity index (χ1) is 9.78. The number of anilines is 1. The Morgan fingerprint density at radius 3 is 2.90 bits per heavy atom. The van der Waals surface area contributed by atoms with Crippen molar-refractivity contribution in [2.75, 3.05) is 18.5 Å². The van der Waals surface area contributed by atoms with E-state index in [1.165, 1.54) is 25.7 Å². The molecule has 1 atom stereocenters. The summed E-state index contributed by atoms with van der Waals surface area (Å²) >= 11 is 0. The van der Waals surface area contributed by atoms with E-state index in [0.717, 1.165) is 30.2 Å². The minimum atomic E-state index is -0.223. The third-order valence-corrected chi connectivity index (χ3v) is 4.22. The molecule has 0 spiro atoms. The lowest BCUT2D eigenvalue weighted by molar-refractivity contribution is -0.117. The zero-order valence-electron chi connectivity index (χ0n) is 11.9. The lowest BCUT2D eigenvalue weighted by Gasteiger charge is -2.13. The van der Waals surface area contributed by atoms with E-state index >= 15 is 0 Å². The van der Waals surface area contributed by atoms with Gasteiger partial charge in [-0.2, -0.15) is 0 Å². The van der Waals surface area contributed by atoms with E-state index in [0.29, 0.717) is 5.92 Å². The molecule has 1 heterocycles. The Bertz CT molecular complexity index is 495. The lowest BCUT2D eigenvalue weighted by atomic mass is 10.1. The molecule has 20 heavy (non-hydrogen) atoms. The van der Waals surface area contributed by atoms with Gasteiger partial charge in [-0.05, 0) is 31.4 Å². The molecule has 3 rings (SSSR count). The van der Waals surface area contributed by atoms with Gasteiger partial charge in [0, 0.05) is 17.3 Å². The van der Waals surface area contributed by atoms with Gasteiger partial charge in [-0.1, -0.05) is 25.8 Å². The molecule has 0 bridgehead atoms. The number of fused-ring (bicyclic) bond motifs is 1. The molecule has 1 fully saturated rings. The maximum absolute atomic E-state index is 11.9. The molecule has 1 aromatic rings. The summed E-state index contributed by atoms with van der Waals surface area (Å²) in [6, 6.07) is 5.68. The predicted octanol–water partition coefficient (Wildman–Crippen LogP) is 2.86. The van der Waals surface area contributed by atoms with Crippen LogP contribution in [0.4, 0.5) is 5.69 Å². The smallest absolute Gasteiger partial charge is 0.246 e. The van der Waals surface area contributed by atoms with Crippen LogP contribution in [0.1, 0.15) is 44.2 Å². The number of hydrogen-bond acceptors (Lipinski definition) is 3. The number of rotatable bonds is 5. The van der Waals surface area contributed by atoms with Gasteiger partial charge in [-0.25, -0.2) is 0 Å². The maximum atomic E-state index is 11.9. The molecule has 0 saturated heterocycles. The van der Waals surface area contributed by atoms with Crippen LogP contribution in [-0.4, -0.2) is 19.1 Å². The Kier molecular flexibility index (Phi) is 3.92. The van der Waals surface area contributed by atoms with Gasteiger partial charge in [0.2, 0.25) is 5.91 Å². The van der Waals surface area contributed by atoms with Crippen LogP contribution in [0.15, 0.2) is 18.2 Å². The van der Waals surface area contributed by atoms with E-state index < -0.39 is 0 Å². The highest BCUT2D eigenvalue weighted by atomic mass is 16.5. The quantitative estimate of drug-likeness (QED) is 0.868. The Morgan fingerprint density at radius 2 is 2.15 bits per heavy atom. The fourth-order valence-electron chi connectivity index (χ4n) is 3.13. The van der Waals surface area contributed by atoms with E-state index in [4.69, 9.17) is 4.74 Å². The van der Waals surface area contributed by atoms with Crippen LogP contribution in [0.5, 0.6) is 5.75 Å². The van der Waals surface area contributed by atoms with E-state index in [1.807, 2.05) is 25.1 Å². The molecule has 1 amide bonds. The average Bonchev–Trinajstić information content (AvgIpc) is 3.05. The van der Waals surface area contributed by atoms with Gasteiger partial charge in [-0.3, -0.25) is 4.79 Å². The van der Waals surface area contributed by atoms with Crippen LogP contribution in [0.25, 0.3) is 0 Å². The molecule has 2 aliphatic rings. The van der Waals surface area contributed by atoms with Crippen molar-refractivity contribution in [2.24, 2.45) is 5.92 Å². The van der Waals surface area contributed by atoms with E-state index in [2.05, 4.69) is 10.6 Å². The number of benzene rings is 1. The number of ether oxygens (including phenoxy) is 1. The van der Waals surface area contributed by atoms with Crippen molar-refractivity contribution in [3.63, 3.8) is 0 Å². The summed E-state index contributed by atoms with van der Waals surface area (Å²) < 4.78 is 5.87. The van der Waals surface area contributed by atoms with E-state index in [9.17, 15) is 4.79 Å². The molecule has 4 heteroatoms. The second-order valence-electron chi connectivity index (χ2n) is 5.69. The number of carbonyl (C=O) groups excluding carboxylic acids is 1. The molecule has 2 N–H and O–H groups in total. The van der Waals surface area contributed by atoms with Crippen LogP contribution in [0, 0.1) is 5.92 Å². The van der Waals surface area contributed by atoms with Gasteiger partial charge in [0.15, 0.2) is 0 Å². The fraction of sp³-hybridized carbons (Fsp3) is 0.562. The minimum Gasteiger partial charge on any atom is -0.493 e. The number of likely N-dealkylation sites (N-methyl/N-ethyl adjacent to an activating group) is 1. The summed E-state index contributed by atoms with van der Waals surface area (Å²) in [5.41, 5.74) is 1.90. The second kappa shape index (κ2) is 5.83. The van der Waals surface area contributed by atoms with Crippen LogP contribution in [-0.2, 0) is 4.79 Å². The van der Waals surface area contributed by atoms with Gasteiger partial charge >= 0.3 is 0 Å². The van der Waals surface area contributed by atoms with Gasteiger partial charge in [0.05, 0.1) is 6.61 Å². The standard InChI is InChI=1S/C16H22N2O2/c1-2-17-15-13-8-7-12(9-14(13)18-16(15)19)20-10-11-5-3-4-6-11/h7-9,11,15,17H,2-6,10H2,1H3,(H,18,19). The molecule has 0 radical (unpaired) electrons. The summed E-state index contributed by atoms with van der Waals surface area (Å²) in [5, 5.41) is 6.11. The molecule has 0 aromatic heterocycles. The Balaban J connectivity index is 1.67. The largest absolute Gasteiger partial charge is 0.493 e. The molecule has 1 aliphatic heterocycles. The van der Waals surface area contributed by atoms with Gasteiger partial charge in [0.25, 0.3) is 0 Å². The first-order valence-corrected chi connectivity index (χ1v) is 7.59. The molecule has 1 aliphatic carbocycles. The third kappa shape index (κ3) is 2.66. The number of amides is 1. The van der Waals surface area contributed by atoms with Gasteiger partial charge in [0.1, 0.15) is 11.8 Å². The third-order valence-electron chi connectivity index (χ3n) is 4.22. The predicted molar refractivity (Wildman–Crippen MR) is 78.9 cm³/mol. The molecule has 4 nitrogen and oxygen atoms in total. The summed E-state index contributed by atoms with van der Waals surface area (Å²) in [4.78, 5) is 11.9. The van der Waals surface area contributed by atoms with Crippen LogP contribution >= 0.6 is 0 Å². The van der Waals surface area contributed by atoms with Crippen molar-refractivity contribution >= 4 is 11.6 Å². The lowest BCUT2D eigenvalue weighted by Crippen LogP contribution is -2.27. The van der Waals surface area contributed by atoms with Crippen molar-refractivity contribution in [2.45, 2.75) is 38.6 Å². The first-order valence-electron chi connectivity index (χ1n) is 7.59. The zero-order valence-corrected chi connectivity index (χ0v) is 11.9. The van der Waals surface area contributed by atoms with Gasteiger partial charge in [-0.15, -0.1) is 0 Å². The normalized spacial score (nSPS) is 21.9. The second-order valence-corrected chi connectivity index (χ2v) is 5.69. The fourth-order valence-corrected chi connectivity index (χ4v) is 3.13. The number of hydrogen-bond donors (Lipinski definition) is 2. The highest BCUT2D eigenvalue weighted by molar-refractivity contribution is 6.02. The van der Waals surface area contributed by atoms with Crippen molar-refractivity contribution in [1.29, 1.82) is 0 Å². The Labute approximate surface area is 119 Å². The Morgan fingerprint density at radius 1 is 1.35 bits per heavy atom. The Hall–Kier alpha value is -1.55. The van der Waals surface area contributed by atoms with E-state index in [1.54, 1.807) is 0 Å². The summed E-state index contributed by atoms with van der Waals surface area (Å²) in [5.74, 6) is 1.58. The molecular formula is C16H22N2O2. The van der Waals surface area contributed by atoms with Crippen LogP contribution < -0.4 is 15.4 Å². The van der Waals surface area contributed by atoms with Crippen molar-refractivity contribution < 1.29 is 9.53 Å². The van der Waals surface area contributed by atoms with Crippen LogP contribution in [0.2, 0.25) is 0 Å². The summed E-state index contributed by atoms with van der Waals surface area (Å²) in [6.07, 6.45) is 5.23. The van der Waals surface area contributed by atoms with Crippen molar-refractivity contribution in [3.8, 4) is 5.75 Å². The molecule has 108 valence electrons. The summed E-state index contributed by atoms with van der Waals surface area (Å²) in [7, 11) is 0. The molecular weight excluding hydrogens is 252 g/mol. The van der Waals surface area contributed by atoms with Crippen molar-refractivity contribution in [1.82, 2.24) is 5.32 Å². The number of nitrogens with one attached hydrogen (secondary N) is 2.